The largest absolute Gasteiger partial charge is 0.393 e. The highest BCUT2D eigenvalue weighted by atomic mass is 16.5. The zero-order chi connectivity index (χ0) is 9.11. The highest BCUT2D eigenvalue weighted by Crippen LogP contribution is 1.80. The Morgan fingerprint density at radius 3 is 1.91 bits per heavy atom. The lowest BCUT2D eigenvalue weighted by atomic mass is 10.3. The predicted molar refractivity (Wildman–Crippen MR) is 44.5 cm³/mol. The molecule has 0 aromatic carbocycles. The normalized spacial score (nSPS) is 11.3. The fraction of sp³-hybridized carbons (Fsp3) is 0.875. The van der Waals surface area contributed by atoms with Crippen molar-refractivity contribution in [1.82, 2.24) is 0 Å². The van der Waals surface area contributed by atoms with Crippen LogP contribution in [-0.4, -0.2) is 30.7 Å². The molecular weight excluding hydrogens is 144 g/mol. The predicted octanol–water partition coefficient (Wildman–Crippen LogP) is 0.999. The Morgan fingerprint density at radius 1 is 1.45 bits per heavy atom. The van der Waals surface area contributed by atoms with Gasteiger partial charge < -0.3 is 14.6 Å². The monoisotopic (exact) mass is 162 g/mol. The van der Waals surface area contributed by atoms with Crippen molar-refractivity contribution < 1.29 is 14.6 Å². The molecule has 1 atom stereocenters. The highest BCUT2D eigenvalue weighted by Gasteiger charge is 1.87. The summed E-state index contributed by atoms with van der Waals surface area (Å²) in [6.45, 7) is 7.24. The number of rotatable bonds is 4. The van der Waals surface area contributed by atoms with Crippen molar-refractivity contribution in [3.63, 3.8) is 0 Å². The second-order valence-electron chi connectivity index (χ2n) is 2.03. The molecule has 1 N–H and O–H groups in total. The summed E-state index contributed by atoms with van der Waals surface area (Å²) in [6, 6.07) is 0. The van der Waals surface area contributed by atoms with Gasteiger partial charge in [0.15, 0.2) is 0 Å². The van der Waals surface area contributed by atoms with Crippen LogP contribution in [0.4, 0.5) is 0 Å². The molecule has 68 valence electrons. The lowest BCUT2D eigenvalue weighted by Gasteiger charge is -1.89. The van der Waals surface area contributed by atoms with Crippen LogP contribution in [0, 0.1) is 0 Å². The van der Waals surface area contributed by atoms with Crippen LogP contribution in [0.3, 0.4) is 0 Å². The van der Waals surface area contributed by atoms with Gasteiger partial charge >= 0.3 is 0 Å². The van der Waals surface area contributed by atoms with E-state index in [1.165, 1.54) is 0 Å². The minimum atomic E-state index is -0.470. The molecule has 0 amide bonds. The molecule has 0 fully saturated rings. The molecule has 0 aromatic rings. The molecule has 0 radical (unpaired) electrons. The van der Waals surface area contributed by atoms with Gasteiger partial charge in [0.05, 0.1) is 6.10 Å². The molecular formula is C8H18O3. The zero-order valence-electron chi connectivity index (χ0n) is 7.54. The molecule has 0 aliphatic carbocycles. The van der Waals surface area contributed by atoms with Crippen molar-refractivity contribution in [2.75, 3.05) is 13.2 Å². The average Bonchev–Trinajstić information content (AvgIpc) is 1.90. The van der Waals surface area contributed by atoms with Crippen molar-refractivity contribution >= 4 is 6.29 Å². The quantitative estimate of drug-likeness (QED) is 0.627. The van der Waals surface area contributed by atoms with Crippen molar-refractivity contribution in [2.45, 2.75) is 33.3 Å². The summed E-state index contributed by atoms with van der Waals surface area (Å²) >= 11 is 0. The molecule has 3 nitrogen and oxygen atoms in total. The van der Waals surface area contributed by atoms with Crippen LogP contribution in [0.1, 0.15) is 27.2 Å². The summed E-state index contributed by atoms with van der Waals surface area (Å²) in [7, 11) is 0. The van der Waals surface area contributed by atoms with Gasteiger partial charge in [-0.25, -0.2) is 0 Å². The van der Waals surface area contributed by atoms with E-state index in [4.69, 9.17) is 9.84 Å². The number of hydrogen-bond donors (Lipinski definition) is 1. The van der Waals surface area contributed by atoms with Crippen molar-refractivity contribution in [2.24, 2.45) is 0 Å². The topological polar surface area (TPSA) is 46.5 Å². The third-order valence-electron chi connectivity index (χ3n) is 0.846. The average molecular weight is 162 g/mol. The fourth-order valence-corrected chi connectivity index (χ4v) is 0.343. The summed E-state index contributed by atoms with van der Waals surface area (Å²) in [5, 5.41) is 8.32. The van der Waals surface area contributed by atoms with Crippen LogP contribution in [0.15, 0.2) is 0 Å². The molecule has 0 aliphatic rings. The first-order valence-corrected chi connectivity index (χ1v) is 3.88. The SMILES string of the molecule is CC(O)CC=O.CCOCC. The van der Waals surface area contributed by atoms with Crippen molar-refractivity contribution in [3.05, 3.63) is 0 Å². The maximum absolute atomic E-state index is 9.46. The van der Waals surface area contributed by atoms with Crippen molar-refractivity contribution in [1.29, 1.82) is 0 Å². The Kier molecular flexibility index (Phi) is 14.7. The minimum Gasteiger partial charge on any atom is -0.393 e. The van der Waals surface area contributed by atoms with E-state index in [1.54, 1.807) is 6.92 Å². The lowest BCUT2D eigenvalue weighted by molar-refractivity contribution is -0.109. The Balaban J connectivity index is 0. The molecule has 0 aromatic heterocycles. The number of aliphatic hydroxyl groups is 1. The van der Waals surface area contributed by atoms with Crippen LogP contribution >= 0.6 is 0 Å². The number of carbonyl (C=O) groups is 1. The fourth-order valence-electron chi connectivity index (χ4n) is 0.343. The summed E-state index contributed by atoms with van der Waals surface area (Å²) in [5.41, 5.74) is 0. The van der Waals surface area contributed by atoms with Gasteiger partial charge in [-0.05, 0) is 20.8 Å². The Labute approximate surface area is 68.4 Å². The van der Waals surface area contributed by atoms with Gasteiger partial charge in [0.25, 0.3) is 0 Å². The van der Waals surface area contributed by atoms with Gasteiger partial charge in [0, 0.05) is 19.6 Å². The van der Waals surface area contributed by atoms with E-state index >= 15 is 0 Å². The van der Waals surface area contributed by atoms with E-state index in [0.29, 0.717) is 6.29 Å². The molecule has 11 heavy (non-hydrogen) atoms. The van der Waals surface area contributed by atoms with Crippen LogP contribution < -0.4 is 0 Å². The third kappa shape index (κ3) is 26.2. The molecule has 0 rings (SSSR count). The highest BCUT2D eigenvalue weighted by molar-refractivity contribution is 5.49. The van der Waals surface area contributed by atoms with E-state index in [-0.39, 0.29) is 6.42 Å². The first kappa shape index (κ1) is 13.2. The van der Waals surface area contributed by atoms with Crippen LogP contribution in [0.25, 0.3) is 0 Å². The zero-order valence-corrected chi connectivity index (χ0v) is 7.54. The molecule has 0 saturated carbocycles. The van der Waals surface area contributed by atoms with E-state index in [0.717, 1.165) is 13.2 Å². The minimum absolute atomic E-state index is 0.250. The molecule has 0 aliphatic heterocycles. The van der Waals surface area contributed by atoms with Crippen LogP contribution in [-0.2, 0) is 9.53 Å². The number of aliphatic hydroxyl groups excluding tert-OH is 1. The molecule has 0 bridgehead atoms. The van der Waals surface area contributed by atoms with Gasteiger partial charge in [-0.2, -0.15) is 0 Å². The Bertz CT molecular complexity index is 69.7. The van der Waals surface area contributed by atoms with Crippen LogP contribution in [0.5, 0.6) is 0 Å². The second kappa shape index (κ2) is 12.3. The first-order chi connectivity index (χ1) is 5.18. The summed E-state index contributed by atoms with van der Waals surface area (Å²) in [5.74, 6) is 0. The molecule has 0 spiro atoms. The standard InChI is InChI=1S/C4H8O2.C4H10O/c1-4(6)2-3-5;1-3-5-4-2/h3-4,6H,2H2,1H3;3-4H2,1-2H3. The molecule has 0 heterocycles. The first-order valence-electron chi connectivity index (χ1n) is 3.88. The number of carbonyl (C=O) groups excluding carboxylic acids is 1. The van der Waals surface area contributed by atoms with E-state index in [1.807, 2.05) is 13.8 Å². The van der Waals surface area contributed by atoms with Gasteiger partial charge in [0.2, 0.25) is 0 Å². The summed E-state index contributed by atoms with van der Waals surface area (Å²) in [4.78, 5) is 9.46. The maximum Gasteiger partial charge on any atom is 0.122 e. The molecule has 0 saturated heterocycles. The lowest BCUT2D eigenvalue weighted by Crippen LogP contribution is -1.97. The van der Waals surface area contributed by atoms with Gasteiger partial charge in [-0.1, -0.05) is 0 Å². The van der Waals surface area contributed by atoms with Crippen molar-refractivity contribution in [3.8, 4) is 0 Å². The maximum atomic E-state index is 9.46. The van der Waals surface area contributed by atoms with E-state index < -0.39 is 6.10 Å². The van der Waals surface area contributed by atoms with E-state index in [9.17, 15) is 4.79 Å². The number of ether oxygens (including phenoxy) is 1. The second-order valence-corrected chi connectivity index (χ2v) is 2.03. The Morgan fingerprint density at radius 2 is 1.91 bits per heavy atom. The van der Waals surface area contributed by atoms with Gasteiger partial charge in [0.1, 0.15) is 6.29 Å². The number of aldehydes is 1. The smallest absolute Gasteiger partial charge is 0.122 e. The summed E-state index contributed by atoms with van der Waals surface area (Å²) < 4.78 is 4.83. The van der Waals surface area contributed by atoms with Gasteiger partial charge in [-0.3, -0.25) is 0 Å². The third-order valence-corrected chi connectivity index (χ3v) is 0.846. The van der Waals surface area contributed by atoms with Gasteiger partial charge in [-0.15, -0.1) is 0 Å². The van der Waals surface area contributed by atoms with E-state index in [2.05, 4.69) is 0 Å². The Hall–Kier alpha value is -0.410. The molecule has 3 heteroatoms. The number of hydrogen-bond acceptors (Lipinski definition) is 3. The summed E-state index contributed by atoms with van der Waals surface area (Å²) in [6.07, 6.45) is 0.479. The molecule has 1 unspecified atom stereocenters. The van der Waals surface area contributed by atoms with Crippen LogP contribution in [0.2, 0.25) is 0 Å².